The third-order valence-corrected chi connectivity index (χ3v) is 3.63. The summed E-state index contributed by atoms with van der Waals surface area (Å²) in [6.45, 7) is 2.75. The van der Waals surface area contributed by atoms with E-state index in [1.807, 2.05) is 6.20 Å². The van der Waals surface area contributed by atoms with E-state index in [-0.39, 0.29) is 0 Å². The normalized spacial score (nSPS) is 16.2. The summed E-state index contributed by atoms with van der Waals surface area (Å²) >= 11 is 7.37. The van der Waals surface area contributed by atoms with Crippen molar-refractivity contribution in [3.8, 4) is 0 Å². The van der Waals surface area contributed by atoms with Gasteiger partial charge in [-0.2, -0.15) is 0 Å². The zero-order chi connectivity index (χ0) is 10.7. The number of rotatable bonds is 6. The van der Waals surface area contributed by atoms with Gasteiger partial charge in [-0.25, -0.2) is 4.98 Å². The van der Waals surface area contributed by atoms with E-state index in [4.69, 9.17) is 16.3 Å². The molecule has 0 aromatic carbocycles. The Morgan fingerprint density at radius 2 is 2.47 bits per heavy atom. The highest BCUT2D eigenvalue weighted by molar-refractivity contribution is 7.15. The third-order valence-electron chi connectivity index (χ3n) is 2.53. The van der Waals surface area contributed by atoms with Crippen molar-refractivity contribution in [3.63, 3.8) is 0 Å². The fourth-order valence-corrected chi connectivity index (χ4v) is 2.60. The first-order valence-corrected chi connectivity index (χ1v) is 6.32. The Labute approximate surface area is 99.0 Å². The van der Waals surface area contributed by atoms with E-state index in [1.165, 1.54) is 17.7 Å². The van der Waals surface area contributed by atoms with Gasteiger partial charge in [0.15, 0.2) is 4.47 Å². The molecule has 0 unspecified atom stereocenters. The fourth-order valence-electron chi connectivity index (χ4n) is 1.60. The predicted octanol–water partition coefficient (Wildman–Crippen LogP) is 2.41. The highest BCUT2D eigenvalue weighted by Crippen LogP contribution is 2.29. The van der Waals surface area contributed by atoms with Crippen molar-refractivity contribution in [1.29, 1.82) is 0 Å². The Balaban J connectivity index is 1.88. The van der Waals surface area contributed by atoms with Crippen LogP contribution >= 0.6 is 22.9 Å². The molecule has 0 amide bonds. The Bertz CT molecular complexity index is 314. The monoisotopic (exact) mass is 246 g/mol. The Morgan fingerprint density at radius 1 is 1.67 bits per heavy atom. The Morgan fingerprint density at radius 3 is 3.00 bits per heavy atom. The molecule has 2 rings (SSSR count). The summed E-state index contributed by atoms with van der Waals surface area (Å²) < 4.78 is 5.75. The van der Waals surface area contributed by atoms with Gasteiger partial charge in [0.1, 0.15) is 0 Å². The van der Waals surface area contributed by atoms with E-state index >= 15 is 0 Å². The van der Waals surface area contributed by atoms with Crippen LogP contribution in [0.1, 0.15) is 17.7 Å². The van der Waals surface area contributed by atoms with Crippen molar-refractivity contribution >= 4 is 22.9 Å². The summed E-state index contributed by atoms with van der Waals surface area (Å²) in [7, 11) is 1.74. The summed E-state index contributed by atoms with van der Waals surface area (Å²) in [5.41, 5.74) is 0. The lowest BCUT2D eigenvalue weighted by atomic mass is 10.4. The minimum atomic E-state index is 0.632. The fraction of sp³-hybridized carbons (Fsp3) is 0.700. The largest absolute Gasteiger partial charge is 0.383 e. The molecule has 0 saturated heterocycles. The molecular weight excluding hydrogens is 232 g/mol. The zero-order valence-corrected chi connectivity index (χ0v) is 10.4. The minimum Gasteiger partial charge on any atom is -0.383 e. The van der Waals surface area contributed by atoms with Crippen molar-refractivity contribution in [2.45, 2.75) is 25.4 Å². The van der Waals surface area contributed by atoms with E-state index in [9.17, 15) is 0 Å². The molecular formula is C10H15ClN2OS. The predicted molar refractivity (Wildman–Crippen MR) is 62.4 cm³/mol. The third kappa shape index (κ3) is 3.41. The number of ether oxygens (including phenoxy) is 1. The molecule has 0 atom stereocenters. The molecule has 1 aromatic heterocycles. The van der Waals surface area contributed by atoms with Gasteiger partial charge in [-0.1, -0.05) is 11.6 Å². The van der Waals surface area contributed by atoms with Gasteiger partial charge in [0.25, 0.3) is 0 Å². The maximum atomic E-state index is 5.81. The van der Waals surface area contributed by atoms with Gasteiger partial charge in [-0.05, 0) is 12.8 Å². The summed E-state index contributed by atoms with van der Waals surface area (Å²) in [5.74, 6) is 0. The number of hydrogen-bond acceptors (Lipinski definition) is 4. The van der Waals surface area contributed by atoms with E-state index < -0.39 is 0 Å². The van der Waals surface area contributed by atoms with Gasteiger partial charge in [0.2, 0.25) is 0 Å². The van der Waals surface area contributed by atoms with E-state index in [1.54, 1.807) is 18.4 Å². The van der Waals surface area contributed by atoms with Crippen molar-refractivity contribution in [2.24, 2.45) is 0 Å². The van der Waals surface area contributed by atoms with E-state index in [0.717, 1.165) is 25.7 Å². The van der Waals surface area contributed by atoms with E-state index in [2.05, 4.69) is 9.88 Å². The summed E-state index contributed by atoms with van der Waals surface area (Å²) in [4.78, 5) is 7.75. The molecule has 3 nitrogen and oxygen atoms in total. The van der Waals surface area contributed by atoms with Gasteiger partial charge in [0, 0.05) is 37.3 Å². The highest BCUT2D eigenvalue weighted by atomic mass is 35.5. The molecule has 0 N–H and O–H groups in total. The topological polar surface area (TPSA) is 25.4 Å². The number of halogens is 1. The second-order valence-corrected chi connectivity index (χ2v) is 5.47. The van der Waals surface area contributed by atoms with Gasteiger partial charge in [-0.3, -0.25) is 4.90 Å². The van der Waals surface area contributed by atoms with Gasteiger partial charge in [0.05, 0.1) is 6.61 Å². The molecule has 0 radical (unpaired) electrons. The van der Waals surface area contributed by atoms with Crippen LogP contribution in [-0.4, -0.2) is 36.2 Å². The molecule has 1 saturated carbocycles. The van der Waals surface area contributed by atoms with Crippen LogP contribution in [0.15, 0.2) is 6.20 Å². The van der Waals surface area contributed by atoms with Crippen LogP contribution < -0.4 is 0 Å². The maximum Gasteiger partial charge on any atom is 0.183 e. The highest BCUT2D eigenvalue weighted by Gasteiger charge is 2.28. The standard InChI is InChI=1S/C10H15ClN2OS/c1-14-5-4-13(8-2-3-8)7-9-6-12-10(11)15-9/h6,8H,2-5,7H2,1H3. The second-order valence-electron chi connectivity index (χ2n) is 3.77. The van der Waals surface area contributed by atoms with Crippen LogP contribution in [0.3, 0.4) is 0 Å². The molecule has 15 heavy (non-hydrogen) atoms. The van der Waals surface area contributed by atoms with Crippen LogP contribution in [0.5, 0.6) is 0 Å². The van der Waals surface area contributed by atoms with Crippen LogP contribution in [0.2, 0.25) is 4.47 Å². The van der Waals surface area contributed by atoms with Crippen molar-refractivity contribution in [2.75, 3.05) is 20.3 Å². The van der Waals surface area contributed by atoms with Crippen molar-refractivity contribution in [3.05, 3.63) is 15.5 Å². The summed E-state index contributed by atoms with van der Waals surface area (Å²) in [6.07, 6.45) is 4.50. The maximum absolute atomic E-state index is 5.81. The van der Waals surface area contributed by atoms with Crippen LogP contribution in [-0.2, 0) is 11.3 Å². The molecule has 1 aliphatic carbocycles. The minimum absolute atomic E-state index is 0.632. The summed E-state index contributed by atoms with van der Waals surface area (Å²) in [5, 5.41) is 0. The quantitative estimate of drug-likeness (QED) is 0.771. The number of aromatic nitrogens is 1. The zero-order valence-electron chi connectivity index (χ0n) is 8.78. The summed E-state index contributed by atoms with van der Waals surface area (Å²) in [6, 6.07) is 0.751. The van der Waals surface area contributed by atoms with Crippen LogP contribution in [0.25, 0.3) is 0 Å². The molecule has 84 valence electrons. The van der Waals surface area contributed by atoms with Gasteiger partial charge < -0.3 is 4.74 Å². The Kier molecular flexibility index (Phi) is 3.97. The van der Waals surface area contributed by atoms with E-state index in [0.29, 0.717) is 4.47 Å². The molecule has 1 heterocycles. The molecule has 1 aliphatic rings. The molecule has 0 spiro atoms. The lowest BCUT2D eigenvalue weighted by molar-refractivity contribution is 0.140. The number of methoxy groups -OCH3 is 1. The first-order valence-electron chi connectivity index (χ1n) is 5.13. The smallest absolute Gasteiger partial charge is 0.183 e. The first kappa shape index (κ1) is 11.3. The Hall–Kier alpha value is -0.160. The van der Waals surface area contributed by atoms with Gasteiger partial charge >= 0.3 is 0 Å². The lowest BCUT2D eigenvalue weighted by Gasteiger charge is -2.20. The van der Waals surface area contributed by atoms with Crippen molar-refractivity contribution < 1.29 is 4.74 Å². The number of nitrogens with zero attached hydrogens (tertiary/aromatic N) is 2. The molecule has 0 aliphatic heterocycles. The molecule has 1 aromatic rings. The van der Waals surface area contributed by atoms with Crippen LogP contribution in [0, 0.1) is 0 Å². The second kappa shape index (κ2) is 5.25. The first-order chi connectivity index (χ1) is 7.29. The number of hydrogen-bond donors (Lipinski definition) is 0. The SMILES string of the molecule is COCCN(Cc1cnc(Cl)s1)C1CC1. The lowest BCUT2D eigenvalue weighted by Crippen LogP contribution is -2.28. The van der Waals surface area contributed by atoms with Gasteiger partial charge in [-0.15, -0.1) is 11.3 Å². The number of thiazole rings is 1. The van der Waals surface area contributed by atoms with Crippen LogP contribution in [0.4, 0.5) is 0 Å². The average Bonchev–Trinajstić information content (AvgIpc) is 2.98. The molecule has 5 heteroatoms. The molecule has 1 fully saturated rings. The van der Waals surface area contributed by atoms with Crippen molar-refractivity contribution in [1.82, 2.24) is 9.88 Å². The molecule has 0 bridgehead atoms. The average molecular weight is 247 g/mol.